The number of fused-ring (bicyclic) bond motifs is 1. The van der Waals surface area contributed by atoms with E-state index in [1.165, 1.54) is 0 Å². The number of amides is 1. The van der Waals surface area contributed by atoms with Crippen molar-refractivity contribution in [1.82, 2.24) is 4.90 Å². The molecule has 0 aliphatic carbocycles. The average molecular weight is 274 g/mol. The number of carbonyl (C=O) groups is 1. The number of ether oxygens (including phenoxy) is 1. The van der Waals surface area contributed by atoms with Gasteiger partial charge in [-0.1, -0.05) is 18.2 Å². The number of likely N-dealkylation sites (tertiary alicyclic amines) is 1. The highest BCUT2D eigenvalue weighted by Gasteiger charge is 2.31. The second-order valence-electron chi connectivity index (χ2n) is 5.82. The summed E-state index contributed by atoms with van der Waals surface area (Å²) in [5, 5.41) is 0. The predicted octanol–water partition coefficient (Wildman–Crippen LogP) is 1.43. The van der Waals surface area contributed by atoms with Crippen LogP contribution in [-0.2, 0) is 11.2 Å². The van der Waals surface area contributed by atoms with E-state index in [4.69, 9.17) is 10.5 Å². The number of nitrogens with zero attached hydrogens (tertiary/aromatic N) is 1. The van der Waals surface area contributed by atoms with E-state index in [9.17, 15) is 4.79 Å². The van der Waals surface area contributed by atoms with Gasteiger partial charge in [-0.2, -0.15) is 0 Å². The van der Waals surface area contributed by atoms with Crippen molar-refractivity contribution < 1.29 is 9.53 Å². The molecule has 2 aliphatic heterocycles. The molecular formula is C16H22N2O2. The molecule has 2 heterocycles. The fraction of sp³-hybridized carbons (Fsp3) is 0.562. The topological polar surface area (TPSA) is 55.6 Å². The van der Waals surface area contributed by atoms with Gasteiger partial charge in [0.25, 0.3) is 0 Å². The normalized spacial score (nSPS) is 23.1. The number of piperidine rings is 1. The molecule has 4 heteroatoms. The summed E-state index contributed by atoms with van der Waals surface area (Å²) < 4.78 is 5.72. The van der Waals surface area contributed by atoms with Crippen LogP contribution in [0.15, 0.2) is 24.3 Å². The van der Waals surface area contributed by atoms with Gasteiger partial charge in [0.05, 0.1) is 5.92 Å². The lowest BCUT2D eigenvalue weighted by molar-refractivity contribution is -0.138. The van der Waals surface area contributed by atoms with Crippen LogP contribution >= 0.6 is 0 Å². The number of carbonyl (C=O) groups excluding carboxylic acids is 1. The molecule has 1 saturated heterocycles. The van der Waals surface area contributed by atoms with Crippen LogP contribution in [0.5, 0.6) is 5.75 Å². The van der Waals surface area contributed by atoms with Crippen LogP contribution in [0.25, 0.3) is 0 Å². The van der Waals surface area contributed by atoms with Crippen molar-refractivity contribution in [2.45, 2.75) is 19.3 Å². The molecule has 1 amide bonds. The monoisotopic (exact) mass is 274 g/mol. The molecule has 3 rings (SSSR count). The maximum absolute atomic E-state index is 12.6. The maximum Gasteiger partial charge on any atom is 0.229 e. The Hall–Kier alpha value is -1.55. The first-order valence-electron chi connectivity index (χ1n) is 7.47. The summed E-state index contributed by atoms with van der Waals surface area (Å²) in [7, 11) is 0. The van der Waals surface area contributed by atoms with E-state index < -0.39 is 0 Å². The first-order valence-corrected chi connectivity index (χ1v) is 7.47. The largest absolute Gasteiger partial charge is 0.492 e. The lowest BCUT2D eigenvalue weighted by Crippen LogP contribution is -2.45. The van der Waals surface area contributed by atoms with Crippen molar-refractivity contribution in [2.24, 2.45) is 17.6 Å². The molecule has 2 aliphatic rings. The number of rotatable bonds is 2. The Bertz CT molecular complexity index is 481. The van der Waals surface area contributed by atoms with Crippen LogP contribution in [0.2, 0.25) is 0 Å². The number of nitrogens with two attached hydrogens (primary N) is 1. The third-order valence-electron chi connectivity index (χ3n) is 4.49. The van der Waals surface area contributed by atoms with Gasteiger partial charge in [-0.3, -0.25) is 4.79 Å². The lowest BCUT2D eigenvalue weighted by Gasteiger charge is -2.35. The molecule has 0 radical (unpaired) electrons. The second-order valence-corrected chi connectivity index (χ2v) is 5.82. The highest BCUT2D eigenvalue weighted by atomic mass is 16.5. The highest BCUT2D eigenvalue weighted by molar-refractivity contribution is 5.80. The summed E-state index contributed by atoms with van der Waals surface area (Å²) in [6.45, 7) is 2.94. The van der Waals surface area contributed by atoms with Gasteiger partial charge in [-0.15, -0.1) is 0 Å². The molecule has 1 fully saturated rings. The molecule has 1 atom stereocenters. The van der Waals surface area contributed by atoms with Gasteiger partial charge in [0.2, 0.25) is 5.91 Å². The van der Waals surface area contributed by atoms with E-state index in [0.717, 1.165) is 50.2 Å². The maximum atomic E-state index is 12.6. The van der Waals surface area contributed by atoms with Gasteiger partial charge in [-0.05, 0) is 43.4 Å². The number of para-hydroxylation sites is 1. The molecular weight excluding hydrogens is 252 g/mol. The van der Waals surface area contributed by atoms with Crippen LogP contribution in [0.3, 0.4) is 0 Å². The molecule has 0 spiro atoms. The Morgan fingerprint density at radius 3 is 2.80 bits per heavy atom. The quantitative estimate of drug-likeness (QED) is 0.887. The van der Waals surface area contributed by atoms with Crippen LogP contribution in [0.1, 0.15) is 18.4 Å². The van der Waals surface area contributed by atoms with Gasteiger partial charge in [0.15, 0.2) is 0 Å². The van der Waals surface area contributed by atoms with Crippen LogP contribution in [0, 0.1) is 11.8 Å². The minimum Gasteiger partial charge on any atom is -0.492 e. The Balaban J connectivity index is 1.62. The summed E-state index contributed by atoms with van der Waals surface area (Å²) in [5.74, 6) is 1.73. The molecule has 1 aromatic carbocycles. The molecule has 0 aromatic heterocycles. The molecule has 4 nitrogen and oxygen atoms in total. The van der Waals surface area contributed by atoms with Gasteiger partial charge in [0, 0.05) is 13.1 Å². The molecule has 1 aromatic rings. The molecule has 2 N–H and O–H groups in total. The fourth-order valence-corrected chi connectivity index (χ4v) is 3.13. The Labute approximate surface area is 119 Å². The van der Waals surface area contributed by atoms with E-state index in [-0.39, 0.29) is 11.8 Å². The Morgan fingerprint density at radius 1 is 1.30 bits per heavy atom. The van der Waals surface area contributed by atoms with Gasteiger partial charge >= 0.3 is 0 Å². The molecule has 0 saturated carbocycles. The number of hydrogen-bond acceptors (Lipinski definition) is 3. The Morgan fingerprint density at radius 2 is 2.05 bits per heavy atom. The van der Waals surface area contributed by atoms with Crippen molar-refractivity contribution in [3.05, 3.63) is 29.8 Å². The Kier molecular flexibility index (Phi) is 3.92. The van der Waals surface area contributed by atoms with Crippen molar-refractivity contribution in [3.63, 3.8) is 0 Å². The van der Waals surface area contributed by atoms with E-state index in [1.807, 2.05) is 23.1 Å². The predicted molar refractivity (Wildman–Crippen MR) is 77.5 cm³/mol. The zero-order chi connectivity index (χ0) is 13.9. The van der Waals surface area contributed by atoms with Gasteiger partial charge in [0.1, 0.15) is 12.4 Å². The highest BCUT2D eigenvalue weighted by Crippen LogP contribution is 2.28. The third kappa shape index (κ3) is 2.66. The van der Waals surface area contributed by atoms with E-state index >= 15 is 0 Å². The van der Waals surface area contributed by atoms with Crippen molar-refractivity contribution in [3.8, 4) is 5.75 Å². The summed E-state index contributed by atoms with van der Waals surface area (Å²) in [6, 6.07) is 8.00. The van der Waals surface area contributed by atoms with Crippen LogP contribution < -0.4 is 10.5 Å². The van der Waals surface area contributed by atoms with Crippen LogP contribution in [0.4, 0.5) is 0 Å². The van der Waals surface area contributed by atoms with Gasteiger partial charge in [-0.25, -0.2) is 0 Å². The summed E-state index contributed by atoms with van der Waals surface area (Å²) in [5.41, 5.74) is 6.84. The van der Waals surface area contributed by atoms with E-state index in [0.29, 0.717) is 12.5 Å². The second kappa shape index (κ2) is 5.83. The smallest absolute Gasteiger partial charge is 0.229 e. The van der Waals surface area contributed by atoms with E-state index in [2.05, 4.69) is 6.07 Å². The van der Waals surface area contributed by atoms with E-state index in [1.54, 1.807) is 0 Å². The molecule has 20 heavy (non-hydrogen) atoms. The zero-order valence-electron chi connectivity index (χ0n) is 11.8. The summed E-state index contributed by atoms with van der Waals surface area (Å²) in [4.78, 5) is 14.6. The lowest BCUT2D eigenvalue weighted by atomic mass is 9.92. The summed E-state index contributed by atoms with van der Waals surface area (Å²) in [6.07, 6.45) is 2.87. The van der Waals surface area contributed by atoms with Crippen molar-refractivity contribution in [2.75, 3.05) is 26.2 Å². The minimum atomic E-state index is -0.0284. The average Bonchev–Trinajstić information content (AvgIpc) is 2.54. The minimum absolute atomic E-state index is 0.0284. The summed E-state index contributed by atoms with van der Waals surface area (Å²) >= 11 is 0. The third-order valence-corrected chi connectivity index (χ3v) is 4.49. The SMILES string of the molecule is NCC1CCN(C(=O)C2COc3ccccc3C2)CC1. The molecule has 108 valence electrons. The van der Waals surface area contributed by atoms with Crippen molar-refractivity contribution >= 4 is 5.91 Å². The number of hydrogen-bond donors (Lipinski definition) is 1. The molecule has 0 bridgehead atoms. The number of benzene rings is 1. The van der Waals surface area contributed by atoms with Crippen molar-refractivity contribution in [1.29, 1.82) is 0 Å². The van der Waals surface area contributed by atoms with Crippen LogP contribution in [-0.4, -0.2) is 37.0 Å². The van der Waals surface area contributed by atoms with Gasteiger partial charge < -0.3 is 15.4 Å². The fourth-order valence-electron chi connectivity index (χ4n) is 3.13. The molecule has 1 unspecified atom stereocenters. The first-order chi connectivity index (χ1) is 9.78. The standard InChI is InChI=1S/C16H22N2O2/c17-10-12-5-7-18(8-6-12)16(19)14-9-13-3-1-2-4-15(13)20-11-14/h1-4,12,14H,5-11,17H2. The zero-order valence-corrected chi connectivity index (χ0v) is 11.8. The first kappa shape index (κ1) is 13.4.